The van der Waals surface area contributed by atoms with E-state index in [0.29, 0.717) is 22.3 Å². The van der Waals surface area contributed by atoms with E-state index in [1.807, 2.05) is 13.8 Å². The van der Waals surface area contributed by atoms with Gasteiger partial charge in [0.2, 0.25) is 0 Å². The highest BCUT2D eigenvalue weighted by molar-refractivity contribution is 5.97. The molecule has 0 aliphatic rings. The van der Waals surface area contributed by atoms with Gasteiger partial charge >= 0.3 is 0 Å². The molecule has 2 heterocycles. The average molecular weight is 332 g/mol. The van der Waals surface area contributed by atoms with Crippen LogP contribution in [0.25, 0.3) is 21.5 Å². The van der Waals surface area contributed by atoms with Crippen LogP contribution in [0.3, 0.4) is 0 Å². The van der Waals surface area contributed by atoms with Crippen molar-refractivity contribution in [2.75, 3.05) is 13.2 Å². The summed E-state index contributed by atoms with van der Waals surface area (Å²) in [6.07, 6.45) is 1.26. The monoisotopic (exact) mass is 332 g/mol. The molecule has 0 aliphatic heterocycles. The maximum absolute atomic E-state index is 12.3. The van der Waals surface area contributed by atoms with Crippen LogP contribution in [-0.2, 0) is 0 Å². The molecule has 8 nitrogen and oxygen atoms in total. The first kappa shape index (κ1) is 16.0. The van der Waals surface area contributed by atoms with Gasteiger partial charge in [-0.2, -0.15) is 0 Å². The van der Waals surface area contributed by atoms with Crippen molar-refractivity contribution in [2.24, 2.45) is 0 Å². The molecule has 0 N–H and O–H groups in total. The van der Waals surface area contributed by atoms with Crippen LogP contribution in [-0.4, -0.2) is 22.7 Å². The number of benzene rings is 1. The first-order valence-electron chi connectivity index (χ1n) is 7.72. The highest BCUT2D eigenvalue weighted by Gasteiger charge is 2.20. The Hall–Kier alpha value is -2.90. The van der Waals surface area contributed by atoms with Gasteiger partial charge in [0.05, 0.1) is 21.5 Å². The Balaban J connectivity index is 2.30. The van der Waals surface area contributed by atoms with Crippen LogP contribution in [0.2, 0.25) is 0 Å². The van der Waals surface area contributed by atoms with E-state index in [4.69, 9.17) is 9.68 Å². The van der Waals surface area contributed by atoms with Crippen molar-refractivity contribution in [2.45, 2.75) is 26.7 Å². The van der Waals surface area contributed by atoms with Crippen molar-refractivity contribution in [3.8, 4) is 0 Å². The van der Waals surface area contributed by atoms with E-state index < -0.39 is 22.2 Å². The standard InChI is InChI=1S/C16H16N2O6/c1-3-5-23-17-13(19)9-7-11-12(8-10(9)14(17)20)16(22)18(15(11)21)24-6-4-2/h7-8H,3-6H2,1-2H3. The van der Waals surface area contributed by atoms with Gasteiger partial charge in [-0.3, -0.25) is 19.2 Å². The van der Waals surface area contributed by atoms with Gasteiger partial charge in [-0.05, 0) is 25.0 Å². The van der Waals surface area contributed by atoms with Gasteiger partial charge in [0.15, 0.2) is 0 Å². The minimum Gasteiger partial charge on any atom is -0.407 e. The third kappa shape index (κ3) is 2.22. The summed E-state index contributed by atoms with van der Waals surface area (Å²) in [5, 5.41) is 0.198. The van der Waals surface area contributed by atoms with Crippen molar-refractivity contribution < 1.29 is 9.68 Å². The van der Waals surface area contributed by atoms with Crippen LogP contribution in [0.15, 0.2) is 31.3 Å². The van der Waals surface area contributed by atoms with E-state index >= 15 is 0 Å². The molecule has 0 fully saturated rings. The molecule has 0 saturated heterocycles. The normalized spacial score (nSPS) is 11.4. The largest absolute Gasteiger partial charge is 0.407 e. The summed E-state index contributed by atoms with van der Waals surface area (Å²) < 4.78 is 1.34. The maximum Gasteiger partial charge on any atom is 0.294 e. The van der Waals surface area contributed by atoms with Crippen LogP contribution in [0.4, 0.5) is 0 Å². The van der Waals surface area contributed by atoms with Crippen LogP contribution in [0.5, 0.6) is 0 Å². The summed E-state index contributed by atoms with van der Waals surface area (Å²) in [5.74, 6) is 0. The van der Waals surface area contributed by atoms with Crippen LogP contribution >= 0.6 is 0 Å². The van der Waals surface area contributed by atoms with Gasteiger partial charge in [-0.15, -0.1) is 9.46 Å². The zero-order chi connectivity index (χ0) is 17.4. The van der Waals surface area contributed by atoms with Crippen molar-refractivity contribution in [3.05, 3.63) is 53.5 Å². The summed E-state index contributed by atoms with van der Waals surface area (Å²) in [7, 11) is 0. The van der Waals surface area contributed by atoms with Crippen molar-refractivity contribution in [3.63, 3.8) is 0 Å². The number of hydrogen-bond acceptors (Lipinski definition) is 6. The quantitative estimate of drug-likeness (QED) is 0.609. The highest BCUT2D eigenvalue weighted by atomic mass is 16.7. The maximum atomic E-state index is 12.3. The third-order valence-corrected chi connectivity index (χ3v) is 3.67. The molecule has 0 spiro atoms. The molecule has 0 saturated carbocycles. The van der Waals surface area contributed by atoms with Gasteiger partial charge < -0.3 is 9.68 Å². The summed E-state index contributed by atoms with van der Waals surface area (Å²) >= 11 is 0. The molecule has 3 aromatic rings. The molecule has 8 heteroatoms. The van der Waals surface area contributed by atoms with Gasteiger partial charge in [-0.1, -0.05) is 13.8 Å². The molecule has 24 heavy (non-hydrogen) atoms. The molecule has 0 unspecified atom stereocenters. The fourth-order valence-electron chi connectivity index (χ4n) is 2.53. The number of fused-ring (bicyclic) bond motifs is 2. The first-order valence-corrected chi connectivity index (χ1v) is 7.72. The molecule has 0 bridgehead atoms. The summed E-state index contributed by atoms with van der Waals surface area (Å²) in [5.41, 5.74) is -2.56. The molecule has 3 rings (SSSR count). The first-order chi connectivity index (χ1) is 11.5. The Morgan fingerprint density at radius 2 is 0.958 bits per heavy atom. The van der Waals surface area contributed by atoms with Gasteiger partial charge in [0.1, 0.15) is 13.2 Å². The Bertz CT molecular complexity index is 950. The Kier molecular flexibility index (Phi) is 3.96. The topological polar surface area (TPSA) is 96.6 Å². The van der Waals surface area contributed by atoms with Crippen molar-refractivity contribution >= 4 is 21.5 Å². The van der Waals surface area contributed by atoms with E-state index in [1.165, 1.54) is 12.1 Å². The zero-order valence-corrected chi connectivity index (χ0v) is 13.3. The number of nitrogens with zero attached hydrogens (tertiary/aromatic N) is 2. The fourth-order valence-corrected chi connectivity index (χ4v) is 2.53. The summed E-state index contributed by atoms with van der Waals surface area (Å²) in [6.45, 7) is 4.10. The number of rotatable bonds is 6. The zero-order valence-electron chi connectivity index (χ0n) is 13.3. The Morgan fingerprint density at radius 1 is 0.667 bits per heavy atom. The SMILES string of the molecule is CCCOn1c(=O)c2cc3c(=O)n(OCCC)c(=O)c3cc2c1=O. The second kappa shape index (κ2) is 5.95. The lowest BCUT2D eigenvalue weighted by Crippen LogP contribution is -2.33. The molecule has 0 amide bonds. The lowest BCUT2D eigenvalue weighted by molar-refractivity contribution is 0.0990. The average Bonchev–Trinajstić information content (AvgIpc) is 2.95. The second-order valence-corrected chi connectivity index (χ2v) is 5.42. The lowest BCUT2D eigenvalue weighted by atomic mass is 10.1. The fraction of sp³-hybridized carbons (Fsp3) is 0.375. The molecular weight excluding hydrogens is 316 g/mol. The molecule has 126 valence electrons. The van der Waals surface area contributed by atoms with E-state index in [-0.39, 0.29) is 34.8 Å². The van der Waals surface area contributed by atoms with E-state index in [0.717, 1.165) is 0 Å². The molecule has 0 atom stereocenters. The van der Waals surface area contributed by atoms with E-state index in [9.17, 15) is 19.2 Å². The molecule has 1 aromatic carbocycles. The van der Waals surface area contributed by atoms with E-state index in [2.05, 4.69) is 0 Å². The van der Waals surface area contributed by atoms with E-state index in [1.54, 1.807) is 0 Å². The highest BCUT2D eigenvalue weighted by Crippen LogP contribution is 2.13. The number of aromatic nitrogens is 2. The second-order valence-electron chi connectivity index (χ2n) is 5.42. The smallest absolute Gasteiger partial charge is 0.294 e. The minimum atomic E-state index is -0.639. The lowest BCUT2D eigenvalue weighted by Gasteiger charge is -2.00. The number of hydrogen-bond donors (Lipinski definition) is 0. The minimum absolute atomic E-state index is 0.0494. The van der Waals surface area contributed by atoms with Crippen molar-refractivity contribution in [1.82, 2.24) is 9.46 Å². The van der Waals surface area contributed by atoms with Crippen LogP contribution in [0.1, 0.15) is 26.7 Å². The van der Waals surface area contributed by atoms with Crippen molar-refractivity contribution in [1.29, 1.82) is 0 Å². The van der Waals surface area contributed by atoms with Gasteiger partial charge in [0, 0.05) is 0 Å². The molecule has 2 aromatic heterocycles. The predicted octanol–water partition coefficient (Wildman–Crippen LogP) is -0.410. The summed E-state index contributed by atoms with van der Waals surface area (Å²) in [6, 6.07) is 2.52. The Labute approximate surface area is 135 Å². The van der Waals surface area contributed by atoms with Gasteiger partial charge in [0.25, 0.3) is 22.2 Å². The van der Waals surface area contributed by atoms with Crippen LogP contribution in [0, 0.1) is 0 Å². The van der Waals surface area contributed by atoms with Gasteiger partial charge in [-0.25, -0.2) is 0 Å². The predicted molar refractivity (Wildman–Crippen MR) is 88.4 cm³/mol. The summed E-state index contributed by atoms with van der Waals surface area (Å²) in [4.78, 5) is 59.5. The molecule has 0 radical (unpaired) electrons. The third-order valence-electron chi connectivity index (χ3n) is 3.67. The van der Waals surface area contributed by atoms with Crippen LogP contribution < -0.4 is 31.9 Å². The molecular formula is C16H16N2O6. The molecule has 0 aliphatic carbocycles. The Morgan fingerprint density at radius 3 is 1.21 bits per heavy atom.